The van der Waals surface area contributed by atoms with Crippen molar-refractivity contribution in [3.8, 4) is 11.3 Å². The van der Waals surface area contributed by atoms with Crippen LogP contribution in [-0.2, 0) is 0 Å². The number of hydrogen-bond donors (Lipinski definition) is 1. The molecule has 19 heavy (non-hydrogen) atoms. The highest BCUT2D eigenvalue weighted by Crippen LogP contribution is 2.27. The summed E-state index contributed by atoms with van der Waals surface area (Å²) in [5.74, 6) is -0.436. The van der Waals surface area contributed by atoms with Gasteiger partial charge in [0.2, 0.25) is 0 Å². The van der Waals surface area contributed by atoms with E-state index in [2.05, 4.69) is 9.97 Å². The minimum atomic E-state index is -0.436. The molecule has 0 spiro atoms. The first-order valence-corrected chi connectivity index (χ1v) is 6.27. The zero-order valence-corrected chi connectivity index (χ0v) is 11.9. The molecule has 0 fully saturated rings. The van der Waals surface area contributed by atoms with Crippen LogP contribution in [0.1, 0.15) is 0 Å². The number of hydrogen-bond acceptors (Lipinski definition) is 5. The smallest absolute Gasteiger partial charge is 0.417 e. The maximum absolute atomic E-state index is 11.1. The third-order valence-corrected chi connectivity index (χ3v) is 3.60. The van der Waals surface area contributed by atoms with E-state index in [0.29, 0.717) is 11.1 Å². The lowest BCUT2D eigenvalue weighted by molar-refractivity contribution is -0.00000434. The number of halogens is 1. The molecule has 1 aromatic carbocycles. The summed E-state index contributed by atoms with van der Waals surface area (Å²) in [5, 5.41) is 2.93. The Morgan fingerprint density at radius 1 is 1.37 bits per heavy atom. The van der Waals surface area contributed by atoms with Gasteiger partial charge in [0.05, 0.1) is 11.2 Å². The van der Waals surface area contributed by atoms with E-state index in [0.717, 1.165) is 16.4 Å². The fourth-order valence-corrected chi connectivity index (χ4v) is 2.47. The predicted octanol–water partition coefficient (Wildman–Crippen LogP) is -0.685. The Labute approximate surface area is 119 Å². The number of nitrogens with one attached hydrogen (secondary N) is 1. The van der Waals surface area contributed by atoms with Gasteiger partial charge in [0.25, 0.3) is 0 Å². The molecule has 3 aromatic rings. The third-order valence-electron chi connectivity index (χ3n) is 2.59. The molecule has 0 saturated carbocycles. The number of nitrogens with zero attached hydrogens (tertiary/aromatic N) is 2. The molecule has 0 aliphatic carbocycles. The standard InChI is InChI=1S/C12H11N3O2S.ClH/c1-15(2)11-13-9(6-18-11)7-3-4-8-10(5-7)17-12(16)14-8;/h3-6H,1-2H3,(H,14,16);1H/p-1. The van der Waals surface area contributed by atoms with E-state index in [1.807, 2.05) is 42.6 Å². The van der Waals surface area contributed by atoms with E-state index in [4.69, 9.17) is 4.42 Å². The minimum Gasteiger partial charge on any atom is -1.00 e. The van der Waals surface area contributed by atoms with Crippen molar-refractivity contribution in [2.75, 3.05) is 19.0 Å². The zero-order chi connectivity index (χ0) is 12.7. The zero-order valence-electron chi connectivity index (χ0n) is 10.3. The Kier molecular flexibility index (Phi) is 3.64. The van der Waals surface area contributed by atoms with Crippen LogP contribution in [0.15, 0.2) is 32.8 Å². The van der Waals surface area contributed by atoms with Gasteiger partial charge >= 0.3 is 5.76 Å². The second kappa shape index (κ2) is 5.07. The monoisotopic (exact) mass is 296 g/mol. The maximum atomic E-state index is 11.1. The van der Waals surface area contributed by atoms with E-state index in [1.54, 1.807) is 11.3 Å². The largest absolute Gasteiger partial charge is 1.00 e. The molecule has 0 atom stereocenters. The van der Waals surface area contributed by atoms with Crippen LogP contribution in [0.5, 0.6) is 0 Å². The van der Waals surface area contributed by atoms with Gasteiger partial charge in [-0.2, -0.15) is 0 Å². The molecule has 2 aromatic heterocycles. The molecule has 2 heterocycles. The summed E-state index contributed by atoms with van der Waals surface area (Å²) in [7, 11) is 3.91. The fourth-order valence-electron chi connectivity index (χ4n) is 1.71. The summed E-state index contributed by atoms with van der Waals surface area (Å²) in [6.07, 6.45) is 0. The Balaban J connectivity index is 0.00000133. The molecule has 0 aliphatic heterocycles. The van der Waals surface area contributed by atoms with Crippen molar-refractivity contribution in [1.29, 1.82) is 0 Å². The van der Waals surface area contributed by atoms with Crippen LogP contribution >= 0.6 is 11.3 Å². The minimum absolute atomic E-state index is 0. The van der Waals surface area contributed by atoms with Gasteiger partial charge in [0.1, 0.15) is 0 Å². The number of aromatic nitrogens is 2. The van der Waals surface area contributed by atoms with Crippen molar-refractivity contribution in [2.45, 2.75) is 0 Å². The first-order valence-electron chi connectivity index (χ1n) is 5.39. The fraction of sp³-hybridized carbons (Fsp3) is 0.167. The van der Waals surface area contributed by atoms with Crippen molar-refractivity contribution in [1.82, 2.24) is 9.97 Å². The number of fused-ring (bicyclic) bond motifs is 1. The Bertz CT molecular complexity index is 760. The molecule has 100 valence electrons. The molecule has 0 amide bonds. The van der Waals surface area contributed by atoms with Crippen molar-refractivity contribution in [2.24, 2.45) is 0 Å². The van der Waals surface area contributed by atoms with Gasteiger partial charge in [0.15, 0.2) is 10.7 Å². The summed E-state index contributed by atoms with van der Waals surface area (Å²) in [6, 6.07) is 5.56. The van der Waals surface area contributed by atoms with Gasteiger partial charge in [0, 0.05) is 25.0 Å². The normalized spacial score (nSPS) is 10.4. The lowest BCUT2D eigenvalue weighted by Crippen LogP contribution is -3.00. The SMILES string of the molecule is CN(C)c1nc(-c2ccc3[nH]c(=O)oc3c2)cs1.[Cl-]. The highest BCUT2D eigenvalue weighted by molar-refractivity contribution is 7.14. The van der Waals surface area contributed by atoms with Crippen molar-refractivity contribution < 1.29 is 16.8 Å². The highest BCUT2D eigenvalue weighted by atomic mass is 35.5. The van der Waals surface area contributed by atoms with Crippen LogP contribution in [0.3, 0.4) is 0 Å². The van der Waals surface area contributed by atoms with Crippen molar-refractivity contribution in [3.05, 3.63) is 34.1 Å². The molecule has 0 aliphatic rings. The lowest BCUT2D eigenvalue weighted by Gasteiger charge is -2.05. The molecule has 3 rings (SSSR count). The first kappa shape index (κ1) is 13.6. The molecule has 0 saturated heterocycles. The predicted molar refractivity (Wildman–Crippen MR) is 72.3 cm³/mol. The molecule has 7 heteroatoms. The van der Waals surface area contributed by atoms with Gasteiger partial charge < -0.3 is 21.7 Å². The topological polar surface area (TPSA) is 62.1 Å². The number of aromatic amines is 1. The molecule has 5 nitrogen and oxygen atoms in total. The van der Waals surface area contributed by atoms with Crippen LogP contribution in [0.2, 0.25) is 0 Å². The van der Waals surface area contributed by atoms with E-state index in [-0.39, 0.29) is 12.4 Å². The summed E-state index contributed by atoms with van der Waals surface area (Å²) in [5.41, 5.74) is 3.08. The maximum Gasteiger partial charge on any atom is 0.417 e. The van der Waals surface area contributed by atoms with Gasteiger partial charge in [-0.25, -0.2) is 9.78 Å². The average molecular weight is 297 g/mol. The number of anilines is 1. The van der Waals surface area contributed by atoms with Crippen molar-refractivity contribution in [3.63, 3.8) is 0 Å². The van der Waals surface area contributed by atoms with Crippen LogP contribution in [0, 0.1) is 0 Å². The Hall–Kier alpha value is -1.79. The number of benzene rings is 1. The highest BCUT2D eigenvalue weighted by Gasteiger charge is 2.08. The summed E-state index contributed by atoms with van der Waals surface area (Å²) in [4.78, 5) is 20.2. The van der Waals surface area contributed by atoms with Gasteiger partial charge in [-0.3, -0.25) is 4.98 Å². The van der Waals surface area contributed by atoms with Gasteiger partial charge in [-0.1, -0.05) is 6.07 Å². The first-order chi connectivity index (χ1) is 8.63. The average Bonchev–Trinajstić information content (AvgIpc) is 2.91. The lowest BCUT2D eigenvalue weighted by atomic mass is 10.1. The summed E-state index contributed by atoms with van der Waals surface area (Å²) >= 11 is 1.58. The van der Waals surface area contributed by atoms with Crippen LogP contribution < -0.4 is 23.1 Å². The van der Waals surface area contributed by atoms with E-state index >= 15 is 0 Å². The number of thiazole rings is 1. The molecule has 0 unspecified atom stereocenters. The number of rotatable bonds is 2. The second-order valence-corrected chi connectivity index (χ2v) is 4.97. The summed E-state index contributed by atoms with van der Waals surface area (Å²) in [6.45, 7) is 0. The van der Waals surface area contributed by atoms with Gasteiger partial charge in [-0.15, -0.1) is 11.3 Å². The Morgan fingerprint density at radius 3 is 2.84 bits per heavy atom. The summed E-state index contributed by atoms with van der Waals surface area (Å²) < 4.78 is 5.04. The molecule has 1 N–H and O–H groups in total. The number of H-pyrrole nitrogens is 1. The quantitative estimate of drug-likeness (QED) is 0.680. The molecule has 0 bridgehead atoms. The van der Waals surface area contributed by atoms with Crippen LogP contribution in [0.25, 0.3) is 22.4 Å². The van der Waals surface area contributed by atoms with E-state index in [9.17, 15) is 4.79 Å². The van der Waals surface area contributed by atoms with Crippen LogP contribution in [0.4, 0.5) is 5.13 Å². The molecule has 0 radical (unpaired) electrons. The van der Waals surface area contributed by atoms with Gasteiger partial charge in [-0.05, 0) is 12.1 Å². The second-order valence-electron chi connectivity index (χ2n) is 4.14. The number of oxazole rings is 1. The molecular weight excluding hydrogens is 286 g/mol. The van der Waals surface area contributed by atoms with E-state index in [1.165, 1.54) is 0 Å². The third kappa shape index (κ3) is 2.50. The molecular formula is C12H11ClN3O2S-. The Morgan fingerprint density at radius 2 is 2.16 bits per heavy atom. The van der Waals surface area contributed by atoms with Crippen LogP contribution in [-0.4, -0.2) is 24.1 Å². The van der Waals surface area contributed by atoms with E-state index < -0.39 is 5.76 Å². The van der Waals surface area contributed by atoms with Crippen molar-refractivity contribution >= 4 is 27.6 Å².